The van der Waals surface area contributed by atoms with Crippen LogP contribution in [-0.4, -0.2) is 25.2 Å². The number of anilines is 1. The molecule has 0 fully saturated rings. The van der Waals surface area contributed by atoms with Gasteiger partial charge in [-0.25, -0.2) is 0 Å². The summed E-state index contributed by atoms with van der Waals surface area (Å²) in [5.41, 5.74) is 1.59. The lowest BCUT2D eigenvalue weighted by Gasteiger charge is -2.10. The fraction of sp³-hybridized carbons (Fsp3) is 0.167. The first-order valence-electron chi connectivity index (χ1n) is 5.80. The lowest BCUT2D eigenvalue weighted by molar-refractivity contribution is 0.881. The molecule has 0 aliphatic rings. The first-order chi connectivity index (χ1) is 9.25. The van der Waals surface area contributed by atoms with Crippen molar-refractivity contribution in [2.75, 3.05) is 5.32 Å². The van der Waals surface area contributed by atoms with Gasteiger partial charge in [-0.15, -0.1) is 10.2 Å². The van der Waals surface area contributed by atoms with Gasteiger partial charge in [-0.2, -0.15) is 5.21 Å². The van der Waals surface area contributed by atoms with Gasteiger partial charge in [0, 0.05) is 24.2 Å². The number of nitrogens with zero attached hydrogens (tertiary/aromatic N) is 4. The summed E-state index contributed by atoms with van der Waals surface area (Å²) in [4.78, 5) is 11.9. The van der Waals surface area contributed by atoms with Crippen LogP contribution in [0.2, 0.25) is 0 Å². The van der Waals surface area contributed by atoms with Crippen molar-refractivity contribution in [3.05, 3.63) is 46.5 Å². The number of nitrogens with one attached hydrogen (secondary N) is 2. The largest absolute Gasteiger partial charge is 0.377 e. The second-order valence-corrected chi connectivity index (χ2v) is 4.15. The number of H-pyrrole nitrogens is 1. The zero-order chi connectivity index (χ0) is 13.2. The Morgan fingerprint density at radius 3 is 3.00 bits per heavy atom. The summed E-state index contributed by atoms with van der Waals surface area (Å²) in [6.45, 7) is 0.410. The van der Waals surface area contributed by atoms with Gasteiger partial charge < -0.3 is 9.88 Å². The van der Waals surface area contributed by atoms with Crippen molar-refractivity contribution in [2.45, 2.75) is 6.54 Å². The third-order valence-electron chi connectivity index (χ3n) is 2.98. The Bertz CT molecular complexity index is 761. The van der Waals surface area contributed by atoms with Crippen molar-refractivity contribution in [3.8, 4) is 0 Å². The van der Waals surface area contributed by atoms with Gasteiger partial charge >= 0.3 is 0 Å². The number of rotatable bonds is 3. The van der Waals surface area contributed by atoms with Crippen LogP contribution < -0.4 is 10.9 Å². The van der Waals surface area contributed by atoms with Gasteiger partial charge in [0.15, 0.2) is 5.82 Å². The number of para-hydroxylation sites is 1. The number of tetrazole rings is 1. The second-order valence-electron chi connectivity index (χ2n) is 4.15. The highest BCUT2D eigenvalue weighted by Gasteiger charge is 2.06. The molecular weight excluding hydrogens is 244 g/mol. The molecule has 3 rings (SSSR count). The highest BCUT2D eigenvalue weighted by molar-refractivity contribution is 5.91. The van der Waals surface area contributed by atoms with Crippen molar-refractivity contribution in [2.24, 2.45) is 7.05 Å². The summed E-state index contributed by atoms with van der Waals surface area (Å²) in [6, 6.07) is 9.29. The smallest absolute Gasteiger partial charge is 0.252 e. The minimum absolute atomic E-state index is 0.0608. The predicted molar refractivity (Wildman–Crippen MR) is 70.7 cm³/mol. The Kier molecular flexibility index (Phi) is 2.71. The van der Waals surface area contributed by atoms with Crippen molar-refractivity contribution in [3.63, 3.8) is 0 Å². The first kappa shape index (κ1) is 11.4. The molecule has 7 heteroatoms. The fourth-order valence-corrected chi connectivity index (χ4v) is 1.99. The molecule has 0 radical (unpaired) electrons. The van der Waals surface area contributed by atoms with E-state index in [0.29, 0.717) is 12.4 Å². The summed E-state index contributed by atoms with van der Waals surface area (Å²) in [6.07, 6.45) is 0. The molecule has 0 saturated carbocycles. The Labute approximate surface area is 108 Å². The molecule has 2 N–H and O–H groups in total. The van der Waals surface area contributed by atoms with Crippen LogP contribution in [0.1, 0.15) is 5.82 Å². The maximum atomic E-state index is 11.9. The molecule has 0 saturated heterocycles. The molecule has 0 aliphatic heterocycles. The van der Waals surface area contributed by atoms with Crippen molar-refractivity contribution >= 4 is 16.6 Å². The van der Waals surface area contributed by atoms with Crippen LogP contribution in [0.25, 0.3) is 10.9 Å². The first-order valence-corrected chi connectivity index (χ1v) is 5.80. The lowest BCUT2D eigenvalue weighted by Crippen LogP contribution is -2.17. The van der Waals surface area contributed by atoms with Crippen LogP contribution in [0.15, 0.2) is 35.1 Å². The van der Waals surface area contributed by atoms with E-state index in [1.165, 1.54) is 0 Å². The number of fused-ring (bicyclic) bond motifs is 1. The second kappa shape index (κ2) is 4.52. The van der Waals surface area contributed by atoms with Crippen LogP contribution in [0.3, 0.4) is 0 Å². The number of benzene rings is 1. The maximum Gasteiger partial charge on any atom is 0.252 e. The van der Waals surface area contributed by atoms with Crippen LogP contribution in [0, 0.1) is 0 Å². The van der Waals surface area contributed by atoms with E-state index < -0.39 is 0 Å². The average molecular weight is 256 g/mol. The Balaban J connectivity index is 2.03. The standard InChI is InChI=1S/C12H12N6O/c1-18-10-5-3-2-4-8(10)9(6-12(18)19)13-7-11-14-16-17-15-11/h2-6,13H,7H2,1H3,(H,14,15,16,17). The quantitative estimate of drug-likeness (QED) is 0.718. The van der Waals surface area contributed by atoms with Crippen molar-refractivity contribution in [1.82, 2.24) is 25.2 Å². The van der Waals surface area contributed by atoms with Gasteiger partial charge in [0.25, 0.3) is 5.56 Å². The van der Waals surface area contributed by atoms with Crippen LogP contribution in [0.5, 0.6) is 0 Å². The maximum absolute atomic E-state index is 11.9. The molecule has 19 heavy (non-hydrogen) atoms. The Morgan fingerprint density at radius 2 is 2.21 bits per heavy atom. The van der Waals surface area contributed by atoms with E-state index >= 15 is 0 Å². The van der Waals surface area contributed by atoms with E-state index in [-0.39, 0.29) is 5.56 Å². The minimum Gasteiger partial charge on any atom is -0.377 e. The highest BCUT2D eigenvalue weighted by Crippen LogP contribution is 2.20. The van der Waals surface area contributed by atoms with Gasteiger partial charge in [-0.05, 0) is 6.07 Å². The molecular formula is C12H12N6O. The number of aromatic amines is 1. The lowest BCUT2D eigenvalue weighted by atomic mass is 10.2. The summed E-state index contributed by atoms with van der Waals surface area (Å²) in [5.74, 6) is 0.546. The average Bonchev–Trinajstić information content (AvgIpc) is 2.95. The normalized spacial score (nSPS) is 10.8. The molecule has 96 valence electrons. The third-order valence-corrected chi connectivity index (χ3v) is 2.98. The topological polar surface area (TPSA) is 88.5 Å². The predicted octanol–water partition coefficient (Wildman–Crippen LogP) is 0.664. The molecule has 0 amide bonds. The van der Waals surface area contributed by atoms with Gasteiger partial charge in [0.05, 0.1) is 12.1 Å². The zero-order valence-electron chi connectivity index (χ0n) is 10.3. The monoisotopic (exact) mass is 256 g/mol. The molecule has 0 spiro atoms. The summed E-state index contributed by atoms with van der Waals surface area (Å²) >= 11 is 0. The van der Waals surface area contributed by atoms with E-state index in [0.717, 1.165) is 16.6 Å². The van der Waals surface area contributed by atoms with E-state index in [9.17, 15) is 4.79 Å². The molecule has 2 heterocycles. The molecule has 0 bridgehead atoms. The minimum atomic E-state index is -0.0608. The summed E-state index contributed by atoms with van der Waals surface area (Å²) in [7, 11) is 1.76. The van der Waals surface area contributed by atoms with Crippen LogP contribution in [0.4, 0.5) is 5.69 Å². The fourth-order valence-electron chi connectivity index (χ4n) is 1.99. The van der Waals surface area contributed by atoms with Gasteiger partial charge in [0.2, 0.25) is 0 Å². The molecule has 0 atom stereocenters. The van der Waals surface area contributed by atoms with E-state index in [1.807, 2.05) is 24.3 Å². The molecule has 2 aromatic heterocycles. The summed E-state index contributed by atoms with van der Waals surface area (Å²) < 4.78 is 1.62. The molecule has 1 aromatic carbocycles. The molecule has 3 aromatic rings. The van der Waals surface area contributed by atoms with Gasteiger partial charge in [-0.1, -0.05) is 23.4 Å². The number of pyridine rings is 1. The van der Waals surface area contributed by atoms with Crippen LogP contribution >= 0.6 is 0 Å². The Morgan fingerprint density at radius 1 is 1.37 bits per heavy atom. The number of hydrogen-bond donors (Lipinski definition) is 2. The van der Waals surface area contributed by atoms with E-state index in [4.69, 9.17) is 0 Å². The SMILES string of the molecule is Cn1c(=O)cc(NCc2nn[nH]n2)c2ccccc21. The number of hydrogen-bond acceptors (Lipinski definition) is 5. The van der Waals surface area contributed by atoms with Gasteiger partial charge in [0.1, 0.15) is 0 Å². The molecule has 0 aliphatic carbocycles. The van der Waals surface area contributed by atoms with Crippen molar-refractivity contribution < 1.29 is 0 Å². The number of aryl methyl sites for hydroxylation is 1. The third kappa shape index (κ3) is 2.05. The Hall–Kier alpha value is -2.70. The van der Waals surface area contributed by atoms with E-state index in [1.54, 1.807) is 17.7 Å². The molecule has 0 unspecified atom stereocenters. The number of aromatic nitrogens is 5. The van der Waals surface area contributed by atoms with Gasteiger partial charge in [-0.3, -0.25) is 4.79 Å². The van der Waals surface area contributed by atoms with Crippen LogP contribution in [-0.2, 0) is 13.6 Å². The van der Waals surface area contributed by atoms with Crippen molar-refractivity contribution in [1.29, 1.82) is 0 Å². The summed E-state index contributed by atoms with van der Waals surface area (Å²) in [5, 5.41) is 17.7. The highest BCUT2D eigenvalue weighted by atomic mass is 16.1. The van der Waals surface area contributed by atoms with E-state index in [2.05, 4.69) is 25.9 Å². The molecule has 7 nitrogen and oxygen atoms in total. The zero-order valence-corrected chi connectivity index (χ0v) is 10.3.